The third-order valence-corrected chi connectivity index (χ3v) is 5.50. The van der Waals surface area contributed by atoms with Crippen molar-refractivity contribution < 1.29 is 4.39 Å². The second-order valence-electron chi connectivity index (χ2n) is 7.64. The van der Waals surface area contributed by atoms with Crippen LogP contribution < -0.4 is 0 Å². The normalized spacial score (nSPS) is 17.6. The van der Waals surface area contributed by atoms with Crippen molar-refractivity contribution in [1.29, 1.82) is 0 Å². The molecule has 0 N–H and O–H groups in total. The average Bonchev–Trinajstić information content (AvgIpc) is 3.18. The predicted octanol–water partition coefficient (Wildman–Crippen LogP) is 4.31. The lowest BCUT2D eigenvalue weighted by atomic mass is 9.97. The van der Waals surface area contributed by atoms with Crippen molar-refractivity contribution in [3.8, 4) is 11.1 Å². The van der Waals surface area contributed by atoms with E-state index in [0.29, 0.717) is 5.92 Å². The van der Waals surface area contributed by atoms with Crippen LogP contribution in [0.3, 0.4) is 0 Å². The minimum absolute atomic E-state index is 0.238. The zero-order valence-electron chi connectivity index (χ0n) is 16.1. The van der Waals surface area contributed by atoms with Crippen LogP contribution in [-0.4, -0.2) is 37.6 Å². The zero-order chi connectivity index (χ0) is 19.6. The lowest BCUT2D eigenvalue weighted by Crippen LogP contribution is -2.34. The molecule has 1 saturated heterocycles. The van der Waals surface area contributed by atoms with Gasteiger partial charge in [-0.15, -0.1) is 0 Å². The van der Waals surface area contributed by atoms with Crippen LogP contribution in [0.4, 0.5) is 4.39 Å². The van der Waals surface area contributed by atoms with Gasteiger partial charge in [0.1, 0.15) is 5.82 Å². The molecule has 1 atom stereocenters. The molecule has 1 aliphatic heterocycles. The molecule has 0 unspecified atom stereocenters. The molecule has 0 bridgehead atoms. The predicted molar refractivity (Wildman–Crippen MR) is 110 cm³/mol. The van der Waals surface area contributed by atoms with Gasteiger partial charge in [-0.2, -0.15) is 5.10 Å². The van der Waals surface area contributed by atoms with E-state index in [9.17, 15) is 4.39 Å². The van der Waals surface area contributed by atoms with Gasteiger partial charge in [-0.3, -0.25) is 9.88 Å². The fourth-order valence-corrected chi connectivity index (χ4v) is 4.07. The summed E-state index contributed by atoms with van der Waals surface area (Å²) in [5, 5.41) is 4.76. The first-order valence-corrected chi connectivity index (χ1v) is 9.98. The highest BCUT2D eigenvalue weighted by Gasteiger charge is 2.25. The molecule has 1 fully saturated rings. The average molecular weight is 387 g/mol. The van der Waals surface area contributed by atoms with Crippen LogP contribution in [0.25, 0.3) is 16.8 Å². The fourth-order valence-electron chi connectivity index (χ4n) is 4.07. The van der Waals surface area contributed by atoms with Crippen molar-refractivity contribution in [3.63, 3.8) is 0 Å². The summed E-state index contributed by atoms with van der Waals surface area (Å²) < 4.78 is 15.4. The van der Waals surface area contributed by atoms with Gasteiger partial charge < -0.3 is 0 Å². The van der Waals surface area contributed by atoms with Gasteiger partial charge >= 0.3 is 0 Å². The second-order valence-corrected chi connectivity index (χ2v) is 7.64. The molecular weight excluding hydrogens is 365 g/mol. The number of rotatable bonds is 4. The lowest BCUT2D eigenvalue weighted by Gasteiger charge is -2.31. The molecule has 0 radical (unpaired) electrons. The van der Waals surface area contributed by atoms with E-state index >= 15 is 0 Å². The van der Waals surface area contributed by atoms with Crippen LogP contribution in [0.2, 0.25) is 0 Å². The summed E-state index contributed by atoms with van der Waals surface area (Å²) in [5.41, 5.74) is 3.82. The highest BCUT2D eigenvalue weighted by atomic mass is 19.1. The Morgan fingerprint density at radius 1 is 1.07 bits per heavy atom. The Morgan fingerprint density at radius 2 is 2.03 bits per heavy atom. The minimum Gasteiger partial charge on any atom is -0.298 e. The summed E-state index contributed by atoms with van der Waals surface area (Å²) in [4.78, 5) is 11.4. The highest BCUT2D eigenvalue weighted by molar-refractivity contribution is 5.64. The Labute approximate surface area is 168 Å². The van der Waals surface area contributed by atoms with Gasteiger partial charge in [-0.05, 0) is 60.8 Å². The molecular formula is C23H22FN5. The zero-order valence-corrected chi connectivity index (χ0v) is 16.1. The quantitative estimate of drug-likeness (QED) is 0.524. The maximum absolute atomic E-state index is 13.6. The Bertz CT molecular complexity index is 1120. The third kappa shape index (κ3) is 3.89. The van der Waals surface area contributed by atoms with E-state index in [4.69, 9.17) is 10.1 Å². The van der Waals surface area contributed by atoms with Gasteiger partial charge in [-0.25, -0.2) is 13.9 Å². The van der Waals surface area contributed by atoms with Crippen molar-refractivity contribution in [3.05, 3.63) is 84.3 Å². The van der Waals surface area contributed by atoms with Crippen molar-refractivity contribution >= 4 is 5.65 Å². The first-order valence-electron chi connectivity index (χ1n) is 9.98. The molecule has 1 aromatic carbocycles. The molecule has 0 spiro atoms. The molecule has 1 aliphatic rings. The molecule has 0 amide bonds. The Kier molecular flexibility index (Phi) is 4.77. The van der Waals surface area contributed by atoms with Gasteiger partial charge in [0.25, 0.3) is 0 Å². The van der Waals surface area contributed by atoms with E-state index in [-0.39, 0.29) is 5.82 Å². The van der Waals surface area contributed by atoms with Gasteiger partial charge in [-0.1, -0.05) is 18.2 Å². The summed E-state index contributed by atoms with van der Waals surface area (Å²) in [6.07, 6.45) is 7.89. The summed E-state index contributed by atoms with van der Waals surface area (Å²) in [6.45, 7) is 2.94. The molecule has 29 heavy (non-hydrogen) atoms. The van der Waals surface area contributed by atoms with Crippen molar-refractivity contribution in [2.24, 2.45) is 0 Å². The largest absolute Gasteiger partial charge is 0.298 e. The Balaban J connectivity index is 1.37. The maximum atomic E-state index is 13.6. The maximum Gasteiger partial charge on any atom is 0.156 e. The topological polar surface area (TPSA) is 46.3 Å². The summed E-state index contributed by atoms with van der Waals surface area (Å²) in [5.74, 6) is 0.966. The number of piperidine rings is 1. The number of aromatic nitrogens is 4. The summed E-state index contributed by atoms with van der Waals surface area (Å²) in [6, 6.07) is 14.6. The van der Waals surface area contributed by atoms with Crippen LogP contribution in [-0.2, 0) is 6.54 Å². The van der Waals surface area contributed by atoms with Crippen molar-refractivity contribution in [1.82, 2.24) is 24.5 Å². The molecule has 3 aromatic heterocycles. The number of nitrogens with zero attached hydrogens (tertiary/aromatic N) is 5. The van der Waals surface area contributed by atoms with E-state index in [1.54, 1.807) is 12.3 Å². The smallest absolute Gasteiger partial charge is 0.156 e. The van der Waals surface area contributed by atoms with E-state index < -0.39 is 0 Å². The van der Waals surface area contributed by atoms with Gasteiger partial charge in [0.05, 0.1) is 0 Å². The van der Waals surface area contributed by atoms with E-state index in [1.807, 2.05) is 41.2 Å². The number of pyridine rings is 2. The lowest BCUT2D eigenvalue weighted by molar-refractivity contribution is 0.196. The molecule has 4 heterocycles. The number of hydrogen-bond donors (Lipinski definition) is 0. The molecule has 6 heteroatoms. The van der Waals surface area contributed by atoms with E-state index in [2.05, 4.69) is 16.0 Å². The number of fused-ring (bicyclic) bond motifs is 1. The van der Waals surface area contributed by atoms with Crippen molar-refractivity contribution in [2.45, 2.75) is 25.3 Å². The fraction of sp³-hybridized carbons (Fsp3) is 0.261. The molecule has 0 saturated carbocycles. The first-order chi connectivity index (χ1) is 14.2. The standard InChI is InChI=1S/C23H22FN5/c24-21-7-1-5-18(12-21)19-8-9-22-26-23(27-29(22)16-19)20-6-3-11-28(15-20)14-17-4-2-10-25-13-17/h1-2,4-5,7-10,12-13,16,20H,3,6,11,14-15H2/t20-/m0/s1. The van der Waals surface area contributed by atoms with E-state index in [0.717, 1.165) is 55.1 Å². The van der Waals surface area contributed by atoms with Gasteiger partial charge in [0, 0.05) is 43.2 Å². The van der Waals surface area contributed by atoms with Crippen LogP contribution in [0.1, 0.15) is 30.1 Å². The van der Waals surface area contributed by atoms with Crippen LogP contribution >= 0.6 is 0 Å². The molecule has 5 rings (SSSR count). The Morgan fingerprint density at radius 3 is 2.90 bits per heavy atom. The molecule has 0 aliphatic carbocycles. The second kappa shape index (κ2) is 7.72. The number of benzene rings is 1. The summed E-state index contributed by atoms with van der Waals surface area (Å²) in [7, 11) is 0. The highest BCUT2D eigenvalue weighted by Crippen LogP contribution is 2.27. The van der Waals surface area contributed by atoms with Crippen LogP contribution in [0.15, 0.2) is 67.1 Å². The minimum atomic E-state index is -0.238. The van der Waals surface area contributed by atoms with Crippen LogP contribution in [0.5, 0.6) is 0 Å². The van der Waals surface area contributed by atoms with Crippen molar-refractivity contribution in [2.75, 3.05) is 13.1 Å². The molecule has 146 valence electrons. The monoisotopic (exact) mass is 387 g/mol. The van der Waals surface area contributed by atoms with Gasteiger partial charge in [0.15, 0.2) is 11.5 Å². The number of halogens is 1. The number of hydrogen-bond acceptors (Lipinski definition) is 4. The number of likely N-dealkylation sites (tertiary alicyclic amines) is 1. The van der Waals surface area contributed by atoms with Gasteiger partial charge in [0.2, 0.25) is 0 Å². The van der Waals surface area contributed by atoms with Crippen LogP contribution in [0, 0.1) is 5.82 Å². The summed E-state index contributed by atoms with van der Waals surface area (Å²) >= 11 is 0. The molecule has 4 aromatic rings. The van der Waals surface area contributed by atoms with E-state index in [1.165, 1.54) is 17.7 Å². The first kappa shape index (κ1) is 17.9. The SMILES string of the molecule is Fc1cccc(-c2ccc3nc([C@H]4CCCN(Cc5cccnc5)C4)nn3c2)c1. The molecule has 5 nitrogen and oxygen atoms in total. The third-order valence-electron chi connectivity index (χ3n) is 5.50. The Hall–Kier alpha value is -3.12.